The zero-order chi connectivity index (χ0) is 11.4. The number of hydrogen-bond donors (Lipinski definition) is 1. The molecule has 0 aliphatic carbocycles. The summed E-state index contributed by atoms with van der Waals surface area (Å²) in [7, 11) is 0. The van der Waals surface area contributed by atoms with Crippen molar-refractivity contribution in [2.75, 3.05) is 6.54 Å². The van der Waals surface area contributed by atoms with Gasteiger partial charge in [-0.3, -0.25) is 0 Å². The average molecular weight is 276 g/mol. The fourth-order valence-corrected chi connectivity index (χ4v) is 1.56. The van der Waals surface area contributed by atoms with E-state index in [-0.39, 0.29) is 18.0 Å². The Morgan fingerprint density at radius 1 is 1.47 bits per heavy atom. The molecule has 0 fully saturated rings. The van der Waals surface area contributed by atoms with Gasteiger partial charge in [0.1, 0.15) is 5.82 Å². The van der Waals surface area contributed by atoms with Gasteiger partial charge in [0, 0.05) is 6.54 Å². The maximum absolute atomic E-state index is 13.3. The monoisotopic (exact) mass is 275 g/mol. The van der Waals surface area contributed by atoms with Crippen molar-refractivity contribution in [2.24, 2.45) is 5.73 Å². The van der Waals surface area contributed by atoms with Crippen LogP contribution in [0.3, 0.4) is 0 Å². The summed E-state index contributed by atoms with van der Waals surface area (Å²) in [6.45, 7) is 4.20. The lowest BCUT2D eigenvalue weighted by Crippen LogP contribution is -2.19. The van der Waals surface area contributed by atoms with Crippen molar-refractivity contribution in [2.45, 2.75) is 26.1 Å². The number of ether oxygens (including phenoxy) is 1. The maximum Gasteiger partial charge on any atom is 0.137 e. The summed E-state index contributed by atoms with van der Waals surface area (Å²) in [6.07, 6.45) is -0.169. The quantitative estimate of drug-likeness (QED) is 0.917. The van der Waals surface area contributed by atoms with Gasteiger partial charge < -0.3 is 10.5 Å². The second-order valence-corrected chi connectivity index (χ2v) is 4.44. The number of nitrogens with two attached hydrogens (primary N) is 1. The molecule has 0 saturated carbocycles. The lowest BCUT2D eigenvalue weighted by molar-refractivity contribution is 0.0118. The zero-order valence-corrected chi connectivity index (χ0v) is 10.4. The van der Waals surface area contributed by atoms with Crippen molar-refractivity contribution in [1.82, 2.24) is 0 Å². The SMILES string of the molecule is CC(C)OC(CN)c1ccc(Br)c(F)c1. The number of benzene rings is 1. The number of hydrogen-bond acceptors (Lipinski definition) is 2. The van der Waals surface area contributed by atoms with Crippen molar-refractivity contribution < 1.29 is 9.13 Å². The van der Waals surface area contributed by atoms with Crippen molar-refractivity contribution in [3.05, 3.63) is 34.1 Å². The van der Waals surface area contributed by atoms with Crippen LogP contribution in [0.25, 0.3) is 0 Å². The van der Waals surface area contributed by atoms with Crippen molar-refractivity contribution in [1.29, 1.82) is 0 Å². The molecule has 0 amide bonds. The first-order valence-corrected chi connectivity index (χ1v) is 5.64. The van der Waals surface area contributed by atoms with Crippen LogP contribution in [0, 0.1) is 5.82 Å². The van der Waals surface area contributed by atoms with Gasteiger partial charge in [0.05, 0.1) is 16.7 Å². The molecular formula is C11H15BrFNO. The largest absolute Gasteiger partial charge is 0.370 e. The smallest absolute Gasteiger partial charge is 0.137 e. The molecule has 1 atom stereocenters. The Labute approximate surface area is 97.7 Å². The van der Waals surface area contributed by atoms with E-state index in [0.29, 0.717) is 11.0 Å². The molecule has 0 spiro atoms. The lowest BCUT2D eigenvalue weighted by Gasteiger charge is -2.19. The Morgan fingerprint density at radius 3 is 2.60 bits per heavy atom. The molecule has 1 aromatic carbocycles. The van der Waals surface area contributed by atoms with E-state index in [0.717, 1.165) is 5.56 Å². The Bertz CT molecular complexity index is 330. The molecule has 1 unspecified atom stereocenters. The summed E-state index contributed by atoms with van der Waals surface area (Å²) in [4.78, 5) is 0. The fraction of sp³-hybridized carbons (Fsp3) is 0.455. The van der Waals surface area contributed by atoms with Gasteiger partial charge in [-0.15, -0.1) is 0 Å². The second-order valence-electron chi connectivity index (χ2n) is 3.58. The van der Waals surface area contributed by atoms with Crippen LogP contribution in [0.15, 0.2) is 22.7 Å². The number of halogens is 2. The highest BCUT2D eigenvalue weighted by molar-refractivity contribution is 9.10. The molecule has 0 bridgehead atoms. The van der Waals surface area contributed by atoms with Gasteiger partial charge in [-0.2, -0.15) is 0 Å². The van der Waals surface area contributed by atoms with E-state index in [9.17, 15) is 4.39 Å². The summed E-state index contributed by atoms with van der Waals surface area (Å²) in [6, 6.07) is 4.92. The first-order chi connectivity index (χ1) is 7.04. The van der Waals surface area contributed by atoms with E-state index in [4.69, 9.17) is 10.5 Å². The van der Waals surface area contributed by atoms with Crippen LogP contribution in [0.2, 0.25) is 0 Å². The summed E-state index contributed by atoms with van der Waals surface area (Å²) < 4.78 is 19.3. The van der Waals surface area contributed by atoms with Crippen molar-refractivity contribution in [3.63, 3.8) is 0 Å². The topological polar surface area (TPSA) is 35.2 Å². The molecule has 0 saturated heterocycles. The van der Waals surface area contributed by atoms with Crippen LogP contribution in [-0.2, 0) is 4.74 Å². The molecule has 2 N–H and O–H groups in total. The predicted molar refractivity (Wildman–Crippen MR) is 62.1 cm³/mol. The van der Waals surface area contributed by atoms with Gasteiger partial charge in [-0.05, 0) is 47.5 Å². The van der Waals surface area contributed by atoms with E-state index < -0.39 is 0 Å². The van der Waals surface area contributed by atoms with Gasteiger partial charge in [-0.1, -0.05) is 6.07 Å². The molecule has 84 valence electrons. The molecule has 0 aliphatic heterocycles. The molecule has 0 radical (unpaired) electrons. The third-order valence-electron chi connectivity index (χ3n) is 1.97. The first kappa shape index (κ1) is 12.6. The normalized spacial score (nSPS) is 13.2. The third-order valence-corrected chi connectivity index (χ3v) is 2.61. The second kappa shape index (κ2) is 5.58. The fourth-order valence-electron chi connectivity index (χ4n) is 1.31. The highest BCUT2D eigenvalue weighted by atomic mass is 79.9. The maximum atomic E-state index is 13.3. The average Bonchev–Trinajstić information content (AvgIpc) is 2.18. The van der Waals surface area contributed by atoms with Crippen LogP contribution in [-0.4, -0.2) is 12.6 Å². The van der Waals surface area contributed by atoms with Crippen LogP contribution in [0.1, 0.15) is 25.5 Å². The Morgan fingerprint density at radius 2 is 2.13 bits per heavy atom. The van der Waals surface area contributed by atoms with E-state index >= 15 is 0 Å². The van der Waals surface area contributed by atoms with Crippen LogP contribution in [0.5, 0.6) is 0 Å². The summed E-state index contributed by atoms with van der Waals surface area (Å²) in [5.41, 5.74) is 6.35. The van der Waals surface area contributed by atoms with Crippen molar-refractivity contribution in [3.8, 4) is 0 Å². The molecular weight excluding hydrogens is 261 g/mol. The summed E-state index contributed by atoms with van der Waals surface area (Å²) in [5, 5.41) is 0. The van der Waals surface area contributed by atoms with E-state index in [1.807, 2.05) is 19.9 Å². The first-order valence-electron chi connectivity index (χ1n) is 4.85. The van der Waals surface area contributed by atoms with Crippen LogP contribution < -0.4 is 5.73 Å². The van der Waals surface area contributed by atoms with Crippen molar-refractivity contribution >= 4 is 15.9 Å². The van der Waals surface area contributed by atoms with E-state index in [2.05, 4.69) is 15.9 Å². The molecule has 1 rings (SSSR count). The third kappa shape index (κ3) is 3.55. The van der Waals surface area contributed by atoms with E-state index in [1.165, 1.54) is 6.07 Å². The van der Waals surface area contributed by atoms with Gasteiger partial charge in [-0.25, -0.2) is 4.39 Å². The van der Waals surface area contributed by atoms with E-state index in [1.54, 1.807) is 6.07 Å². The molecule has 1 aromatic rings. The lowest BCUT2D eigenvalue weighted by atomic mass is 10.1. The zero-order valence-electron chi connectivity index (χ0n) is 8.84. The Kier molecular flexibility index (Phi) is 4.70. The molecule has 0 aliphatic rings. The van der Waals surface area contributed by atoms with Gasteiger partial charge in [0.2, 0.25) is 0 Å². The van der Waals surface area contributed by atoms with Crippen LogP contribution >= 0.6 is 15.9 Å². The highest BCUT2D eigenvalue weighted by Crippen LogP contribution is 2.23. The standard InChI is InChI=1S/C11H15BrFNO/c1-7(2)15-11(6-14)8-3-4-9(12)10(13)5-8/h3-5,7,11H,6,14H2,1-2H3. The Hall–Kier alpha value is -0.450. The van der Waals surface area contributed by atoms with Gasteiger partial charge >= 0.3 is 0 Å². The molecule has 0 heterocycles. The summed E-state index contributed by atoms with van der Waals surface area (Å²) in [5.74, 6) is -0.293. The molecule has 2 nitrogen and oxygen atoms in total. The predicted octanol–water partition coefficient (Wildman–Crippen LogP) is 3.01. The number of rotatable bonds is 4. The molecule has 0 aromatic heterocycles. The molecule has 15 heavy (non-hydrogen) atoms. The molecule has 4 heteroatoms. The summed E-state index contributed by atoms with van der Waals surface area (Å²) >= 11 is 3.10. The minimum Gasteiger partial charge on any atom is -0.370 e. The minimum atomic E-state index is -0.293. The Balaban J connectivity index is 2.87. The van der Waals surface area contributed by atoms with Gasteiger partial charge in [0.15, 0.2) is 0 Å². The minimum absolute atomic E-state index is 0.0743. The van der Waals surface area contributed by atoms with Gasteiger partial charge in [0.25, 0.3) is 0 Å². The highest BCUT2D eigenvalue weighted by Gasteiger charge is 2.13. The van der Waals surface area contributed by atoms with Crippen LogP contribution in [0.4, 0.5) is 4.39 Å².